The fourth-order valence-electron chi connectivity index (χ4n) is 2.66. The van der Waals surface area contributed by atoms with Crippen molar-refractivity contribution in [1.82, 2.24) is 9.80 Å². The minimum atomic E-state index is 0.189. The molecule has 19 heavy (non-hydrogen) atoms. The summed E-state index contributed by atoms with van der Waals surface area (Å²) in [5.41, 5.74) is 5.80. The minimum absolute atomic E-state index is 0.189. The Morgan fingerprint density at radius 2 is 1.79 bits per heavy atom. The van der Waals surface area contributed by atoms with Crippen LogP contribution in [0, 0.1) is 5.41 Å². The van der Waals surface area contributed by atoms with E-state index in [1.807, 2.05) is 4.90 Å². The van der Waals surface area contributed by atoms with Gasteiger partial charge in [0.25, 0.3) is 0 Å². The highest BCUT2D eigenvalue weighted by Gasteiger charge is 2.23. The summed E-state index contributed by atoms with van der Waals surface area (Å²) in [5.74, 6) is 0.321. The van der Waals surface area contributed by atoms with Crippen molar-refractivity contribution in [3.63, 3.8) is 0 Å². The fraction of sp³-hybridized carbons (Fsp3) is 0.933. The molecule has 1 amide bonds. The zero-order valence-electron chi connectivity index (χ0n) is 13.0. The number of hydrogen-bond donors (Lipinski definition) is 1. The summed E-state index contributed by atoms with van der Waals surface area (Å²) in [6.07, 6.45) is 3.80. The molecule has 0 aliphatic carbocycles. The zero-order chi connectivity index (χ0) is 14.3. The number of nitrogens with zero attached hydrogens (tertiary/aromatic N) is 2. The average molecular weight is 269 g/mol. The number of nitrogens with two attached hydrogens (primary N) is 1. The summed E-state index contributed by atoms with van der Waals surface area (Å²) >= 11 is 0. The Morgan fingerprint density at radius 1 is 1.16 bits per heavy atom. The Kier molecular flexibility index (Phi) is 6.80. The number of amides is 1. The molecule has 4 heteroatoms. The number of piperazine rings is 1. The van der Waals surface area contributed by atoms with E-state index in [4.69, 9.17) is 5.73 Å². The lowest BCUT2D eigenvalue weighted by Gasteiger charge is -2.35. The molecule has 1 saturated heterocycles. The van der Waals surface area contributed by atoms with E-state index in [2.05, 4.69) is 25.7 Å². The molecule has 1 fully saturated rings. The van der Waals surface area contributed by atoms with Crippen LogP contribution in [-0.4, -0.2) is 55.0 Å². The summed E-state index contributed by atoms with van der Waals surface area (Å²) in [4.78, 5) is 16.7. The molecule has 1 aliphatic rings. The Hall–Kier alpha value is -0.610. The molecule has 1 aliphatic heterocycles. The van der Waals surface area contributed by atoms with E-state index in [0.717, 1.165) is 45.6 Å². The number of carbonyl (C=O) groups is 1. The van der Waals surface area contributed by atoms with Crippen molar-refractivity contribution in [3.05, 3.63) is 0 Å². The first-order valence-electron chi connectivity index (χ1n) is 7.68. The maximum absolute atomic E-state index is 12.2. The van der Waals surface area contributed by atoms with E-state index >= 15 is 0 Å². The zero-order valence-corrected chi connectivity index (χ0v) is 13.0. The molecule has 0 atom stereocenters. The highest BCUT2D eigenvalue weighted by atomic mass is 16.2. The van der Waals surface area contributed by atoms with Crippen LogP contribution in [0.15, 0.2) is 0 Å². The highest BCUT2D eigenvalue weighted by molar-refractivity contribution is 5.76. The van der Waals surface area contributed by atoms with Crippen LogP contribution in [0.1, 0.15) is 46.5 Å². The molecular formula is C15H31N3O. The fourth-order valence-corrected chi connectivity index (χ4v) is 2.66. The number of hydrogen-bond acceptors (Lipinski definition) is 3. The van der Waals surface area contributed by atoms with Gasteiger partial charge in [0.05, 0.1) is 0 Å². The third-order valence-electron chi connectivity index (χ3n) is 4.10. The second-order valence-electron chi connectivity index (χ2n) is 6.43. The smallest absolute Gasteiger partial charge is 0.222 e. The van der Waals surface area contributed by atoms with Crippen LogP contribution in [0.5, 0.6) is 0 Å². The van der Waals surface area contributed by atoms with Crippen LogP contribution in [0.25, 0.3) is 0 Å². The van der Waals surface area contributed by atoms with Crippen LogP contribution in [0.4, 0.5) is 0 Å². The summed E-state index contributed by atoms with van der Waals surface area (Å²) in [6.45, 7) is 12.3. The lowest BCUT2D eigenvalue weighted by atomic mass is 9.84. The van der Waals surface area contributed by atoms with Crippen molar-refractivity contribution >= 4 is 5.91 Å². The first-order valence-corrected chi connectivity index (χ1v) is 7.68. The molecule has 0 spiro atoms. The number of carbonyl (C=O) groups excluding carboxylic acids is 1. The number of rotatable bonds is 7. The van der Waals surface area contributed by atoms with E-state index in [1.54, 1.807) is 0 Å². The standard InChI is InChI=1S/C15H31N3O/c1-4-9-17-10-12-18(13-11-17)14(19)5-6-15(2,3)7-8-16/h4-13,16H2,1-3H3. The normalized spacial score (nSPS) is 17.8. The molecule has 0 aromatic rings. The first-order chi connectivity index (χ1) is 8.98. The molecule has 0 radical (unpaired) electrons. The topological polar surface area (TPSA) is 49.6 Å². The van der Waals surface area contributed by atoms with Gasteiger partial charge in [-0.1, -0.05) is 20.8 Å². The van der Waals surface area contributed by atoms with Gasteiger partial charge >= 0.3 is 0 Å². The molecular weight excluding hydrogens is 238 g/mol. The summed E-state index contributed by atoms with van der Waals surface area (Å²) in [5, 5.41) is 0. The maximum atomic E-state index is 12.2. The van der Waals surface area contributed by atoms with E-state index in [-0.39, 0.29) is 5.41 Å². The van der Waals surface area contributed by atoms with Gasteiger partial charge in [-0.05, 0) is 37.8 Å². The molecule has 2 N–H and O–H groups in total. The highest BCUT2D eigenvalue weighted by Crippen LogP contribution is 2.26. The van der Waals surface area contributed by atoms with Gasteiger partial charge in [-0.15, -0.1) is 0 Å². The Balaban J connectivity index is 2.28. The first kappa shape index (κ1) is 16.4. The van der Waals surface area contributed by atoms with Gasteiger partial charge in [0.1, 0.15) is 0 Å². The van der Waals surface area contributed by atoms with Crippen molar-refractivity contribution in [2.75, 3.05) is 39.3 Å². The van der Waals surface area contributed by atoms with Crippen LogP contribution in [0.2, 0.25) is 0 Å². The van der Waals surface area contributed by atoms with Gasteiger partial charge < -0.3 is 10.6 Å². The molecule has 0 aromatic heterocycles. The molecule has 0 saturated carbocycles. The van der Waals surface area contributed by atoms with Gasteiger partial charge in [0.2, 0.25) is 5.91 Å². The Morgan fingerprint density at radius 3 is 2.32 bits per heavy atom. The van der Waals surface area contributed by atoms with Crippen molar-refractivity contribution in [3.8, 4) is 0 Å². The predicted molar refractivity (Wildman–Crippen MR) is 80.0 cm³/mol. The Labute approximate surface area is 118 Å². The molecule has 1 heterocycles. The molecule has 0 unspecified atom stereocenters. The SMILES string of the molecule is CCCN1CCN(C(=O)CCC(C)(C)CCN)CC1. The van der Waals surface area contributed by atoms with Gasteiger partial charge in [-0.25, -0.2) is 0 Å². The van der Waals surface area contributed by atoms with Gasteiger partial charge in [0.15, 0.2) is 0 Å². The molecule has 0 bridgehead atoms. The molecule has 4 nitrogen and oxygen atoms in total. The largest absolute Gasteiger partial charge is 0.340 e. The minimum Gasteiger partial charge on any atom is -0.340 e. The average Bonchev–Trinajstić information content (AvgIpc) is 2.37. The van der Waals surface area contributed by atoms with Gasteiger partial charge in [-0.2, -0.15) is 0 Å². The van der Waals surface area contributed by atoms with Crippen LogP contribution >= 0.6 is 0 Å². The van der Waals surface area contributed by atoms with E-state index in [0.29, 0.717) is 18.9 Å². The third kappa shape index (κ3) is 5.91. The summed E-state index contributed by atoms with van der Waals surface area (Å²) in [6, 6.07) is 0. The van der Waals surface area contributed by atoms with Crippen LogP contribution < -0.4 is 5.73 Å². The van der Waals surface area contributed by atoms with Gasteiger partial charge in [0, 0.05) is 32.6 Å². The van der Waals surface area contributed by atoms with Crippen molar-refractivity contribution in [2.24, 2.45) is 11.1 Å². The third-order valence-corrected chi connectivity index (χ3v) is 4.10. The second kappa shape index (κ2) is 7.85. The lowest BCUT2D eigenvalue weighted by Crippen LogP contribution is -2.48. The monoisotopic (exact) mass is 269 g/mol. The molecule has 0 aromatic carbocycles. The quantitative estimate of drug-likeness (QED) is 0.765. The van der Waals surface area contributed by atoms with E-state index < -0.39 is 0 Å². The lowest BCUT2D eigenvalue weighted by molar-refractivity contribution is -0.133. The van der Waals surface area contributed by atoms with Gasteiger partial charge in [-0.3, -0.25) is 9.69 Å². The van der Waals surface area contributed by atoms with Crippen LogP contribution in [-0.2, 0) is 4.79 Å². The maximum Gasteiger partial charge on any atom is 0.222 e. The Bertz CT molecular complexity index is 271. The second-order valence-corrected chi connectivity index (χ2v) is 6.43. The summed E-state index contributed by atoms with van der Waals surface area (Å²) < 4.78 is 0. The van der Waals surface area contributed by atoms with Crippen LogP contribution in [0.3, 0.4) is 0 Å². The molecule has 1 rings (SSSR count). The van der Waals surface area contributed by atoms with Crippen molar-refractivity contribution in [1.29, 1.82) is 0 Å². The predicted octanol–water partition coefficient (Wildman–Crippen LogP) is 1.70. The van der Waals surface area contributed by atoms with E-state index in [1.165, 1.54) is 6.42 Å². The van der Waals surface area contributed by atoms with Crippen molar-refractivity contribution in [2.45, 2.75) is 46.5 Å². The molecule has 112 valence electrons. The van der Waals surface area contributed by atoms with Crippen molar-refractivity contribution < 1.29 is 4.79 Å². The van der Waals surface area contributed by atoms with E-state index in [9.17, 15) is 4.79 Å². The summed E-state index contributed by atoms with van der Waals surface area (Å²) in [7, 11) is 0.